The summed E-state index contributed by atoms with van der Waals surface area (Å²) in [6.07, 6.45) is 0.761. The van der Waals surface area contributed by atoms with E-state index in [0.29, 0.717) is 11.6 Å². The number of nitrogens with one attached hydrogen (secondary N) is 2. The molecule has 2 N–H and O–H groups in total. The Morgan fingerprint density at radius 1 is 1.40 bits per heavy atom. The Morgan fingerprint density at radius 3 is 2.80 bits per heavy atom. The van der Waals surface area contributed by atoms with Gasteiger partial charge in [-0.2, -0.15) is 0 Å². The maximum absolute atomic E-state index is 11.7. The minimum atomic E-state index is -0.209. The molecule has 1 unspecified atom stereocenters. The molecule has 0 radical (unpaired) electrons. The molecule has 0 aliphatic heterocycles. The van der Waals surface area contributed by atoms with Gasteiger partial charge in [0.05, 0.1) is 11.7 Å². The average Bonchev–Trinajstić information content (AvgIpc) is 2.95. The Hall–Kier alpha value is -1.66. The molecule has 1 aromatic carbocycles. The van der Waals surface area contributed by atoms with E-state index in [4.69, 9.17) is 11.6 Å². The van der Waals surface area contributed by atoms with Gasteiger partial charge in [-0.15, -0.1) is 5.10 Å². The molecule has 0 aliphatic rings. The Kier molecular flexibility index (Phi) is 5.31. The van der Waals surface area contributed by atoms with Crippen LogP contribution in [0.3, 0.4) is 0 Å². The topological polar surface area (TPSA) is 66.9 Å². The molecule has 1 aromatic heterocycles. The first-order chi connectivity index (χ1) is 9.65. The average molecular weight is 311 g/mol. The maximum Gasteiger partial charge on any atom is 0.315 e. The largest absolute Gasteiger partial charge is 0.338 e. The summed E-state index contributed by atoms with van der Waals surface area (Å²) in [6.45, 7) is 2.44. The van der Waals surface area contributed by atoms with Gasteiger partial charge >= 0.3 is 6.03 Å². The number of nitrogens with zero attached hydrogens (tertiary/aromatic N) is 2. The van der Waals surface area contributed by atoms with Crippen LogP contribution >= 0.6 is 23.1 Å². The lowest BCUT2D eigenvalue weighted by Gasteiger charge is -2.12. The first kappa shape index (κ1) is 14.7. The number of carbonyl (C=O) groups is 1. The molecule has 0 fully saturated rings. The zero-order valence-electron chi connectivity index (χ0n) is 11.0. The summed E-state index contributed by atoms with van der Waals surface area (Å²) < 4.78 is 3.77. The molecule has 0 saturated carbocycles. The highest BCUT2D eigenvalue weighted by Crippen LogP contribution is 2.10. The Morgan fingerprint density at radius 2 is 2.15 bits per heavy atom. The monoisotopic (exact) mass is 310 g/mol. The molecule has 7 heteroatoms. The van der Waals surface area contributed by atoms with Crippen LogP contribution in [0.1, 0.15) is 24.2 Å². The molecule has 0 bridgehead atoms. The van der Waals surface area contributed by atoms with Crippen molar-refractivity contribution in [2.75, 3.05) is 6.54 Å². The molecule has 2 rings (SSSR count). The fourth-order valence-electron chi connectivity index (χ4n) is 1.65. The number of benzene rings is 1. The fraction of sp³-hybridized carbons (Fsp3) is 0.308. The summed E-state index contributed by atoms with van der Waals surface area (Å²) in [5.41, 5.74) is 1.90. The first-order valence-corrected chi connectivity index (χ1v) is 7.42. The molecule has 5 nitrogen and oxygen atoms in total. The van der Waals surface area contributed by atoms with E-state index >= 15 is 0 Å². The lowest BCUT2D eigenvalue weighted by molar-refractivity contribution is 0.238. The molecule has 2 amide bonds. The summed E-state index contributed by atoms with van der Waals surface area (Å²) in [5, 5.41) is 12.1. The molecule has 0 saturated heterocycles. The second-order valence-corrected chi connectivity index (χ2v) is 5.37. The van der Waals surface area contributed by atoms with Crippen LogP contribution in [0.2, 0.25) is 5.02 Å². The number of amides is 2. The summed E-state index contributed by atoms with van der Waals surface area (Å²) in [7, 11) is 0. The van der Waals surface area contributed by atoms with Crippen LogP contribution in [-0.2, 0) is 6.42 Å². The predicted molar refractivity (Wildman–Crippen MR) is 80.0 cm³/mol. The zero-order chi connectivity index (χ0) is 14.4. The van der Waals surface area contributed by atoms with Crippen molar-refractivity contribution in [2.45, 2.75) is 19.4 Å². The van der Waals surface area contributed by atoms with Gasteiger partial charge in [-0.25, -0.2) is 4.79 Å². The van der Waals surface area contributed by atoms with Crippen LogP contribution in [-0.4, -0.2) is 22.2 Å². The third-order valence-corrected chi connectivity index (χ3v) is 3.56. The number of halogens is 1. The van der Waals surface area contributed by atoms with E-state index in [2.05, 4.69) is 20.2 Å². The molecule has 1 atom stereocenters. The number of aromatic nitrogens is 2. The van der Waals surface area contributed by atoms with Crippen molar-refractivity contribution in [1.82, 2.24) is 20.2 Å². The van der Waals surface area contributed by atoms with E-state index in [1.807, 2.05) is 36.6 Å². The number of carbonyl (C=O) groups excluding carboxylic acids is 1. The molecule has 0 aliphatic carbocycles. The zero-order valence-corrected chi connectivity index (χ0v) is 12.5. The Labute approximate surface area is 126 Å². The highest BCUT2D eigenvalue weighted by Gasteiger charge is 2.11. The van der Waals surface area contributed by atoms with Crippen molar-refractivity contribution in [1.29, 1.82) is 0 Å². The van der Waals surface area contributed by atoms with E-state index in [0.717, 1.165) is 17.7 Å². The smallest absolute Gasteiger partial charge is 0.315 e. The van der Waals surface area contributed by atoms with E-state index in [1.165, 1.54) is 11.5 Å². The summed E-state index contributed by atoms with van der Waals surface area (Å²) in [5.74, 6) is 0. The minimum Gasteiger partial charge on any atom is -0.338 e. The van der Waals surface area contributed by atoms with Gasteiger partial charge in [0.15, 0.2) is 0 Å². The molecule has 0 spiro atoms. The van der Waals surface area contributed by atoms with Crippen LogP contribution in [0, 0.1) is 0 Å². The SMILES string of the molecule is CC(NC(=O)NCCc1ccc(Cl)cc1)c1csnn1. The second-order valence-electron chi connectivity index (χ2n) is 4.33. The van der Waals surface area contributed by atoms with Crippen LogP contribution in [0.4, 0.5) is 4.79 Å². The highest BCUT2D eigenvalue weighted by molar-refractivity contribution is 7.03. The maximum atomic E-state index is 11.7. The normalized spacial score (nSPS) is 11.9. The van der Waals surface area contributed by atoms with Crippen molar-refractivity contribution < 1.29 is 4.79 Å². The van der Waals surface area contributed by atoms with Gasteiger partial charge in [0.1, 0.15) is 0 Å². The van der Waals surface area contributed by atoms with E-state index in [1.54, 1.807) is 0 Å². The van der Waals surface area contributed by atoms with Crippen molar-refractivity contribution in [2.24, 2.45) is 0 Å². The van der Waals surface area contributed by atoms with Crippen molar-refractivity contribution in [3.8, 4) is 0 Å². The van der Waals surface area contributed by atoms with Crippen LogP contribution in [0.15, 0.2) is 29.6 Å². The number of urea groups is 1. The van der Waals surface area contributed by atoms with Crippen molar-refractivity contribution >= 4 is 29.2 Å². The van der Waals surface area contributed by atoms with E-state index in [9.17, 15) is 4.79 Å². The second kappa shape index (κ2) is 7.21. The minimum absolute atomic E-state index is 0.149. The molecule has 1 heterocycles. The lowest BCUT2D eigenvalue weighted by atomic mass is 10.1. The standard InChI is InChI=1S/C13H15ClN4OS/c1-9(12-8-20-18-17-12)16-13(19)15-7-6-10-2-4-11(14)5-3-10/h2-5,8-9H,6-7H2,1H3,(H2,15,16,19). The first-order valence-electron chi connectivity index (χ1n) is 6.21. The summed E-state index contributed by atoms with van der Waals surface area (Å²) in [4.78, 5) is 11.7. The predicted octanol–water partition coefficient (Wildman–Crippen LogP) is 2.79. The van der Waals surface area contributed by atoms with Crippen LogP contribution in [0.5, 0.6) is 0 Å². The quantitative estimate of drug-likeness (QED) is 0.892. The molecular formula is C13H15ClN4OS. The van der Waals surface area contributed by atoms with E-state index < -0.39 is 0 Å². The highest BCUT2D eigenvalue weighted by atomic mass is 35.5. The van der Waals surface area contributed by atoms with Gasteiger partial charge in [0, 0.05) is 16.9 Å². The molecule has 106 valence electrons. The summed E-state index contributed by atoms with van der Waals surface area (Å²) >= 11 is 7.08. The van der Waals surface area contributed by atoms with Gasteiger partial charge in [-0.05, 0) is 42.6 Å². The lowest BCUT2D eigenvalue weighted by Crippen LogP contribution is -2.38. The van der Waals surface area contributed by atoms with Gasteiger partial charge in [-0.1, -0.05) is 28.2 Å². The van der Waals surface area contributed by atoms with Gasteiger partial charge in [0.25, 0.3) is 0 Å². The third kappa shape index (κ3) is 4.47. The number of rotatable bonds is 5. The van der Waals surface area contributed by atoms with Gasteiger partial charge in [-0.3, -0.25) is 0 Å². The third-order valence-electron chi connectivity index (χ3n) is 2.78. The van der Waals surface area contributed by atoms with Crippen LogP contribution < -0.4 is 10.6 Å². The Balaban J connectivity index is 1.71. The molecule has 2 aromatic rings. The van der Waals surface area contributed by atoms with Crippen LogP contribution in [0.25, 0.3) is 0 Å². The van der Waals surface area contributed by atoms with Gasteiger partial charge < -0.3 is 10.6 Å². The summed E-state index contributed by atoms with van der Waals surface area (Å²) in [6, 6.07) is 7.23. The van der Waals surface area contributed by atoms with Crippen molar-refractivity contribution in [3.05, 3.63) is 45.9 Å². The molecule has 20 heavy (non-hydrogen) atoms. The fourth-order valence-corrected chi connectivity index (χ4v) is 2.33. The number of hydrogen-bond acceptors (Lipinski definition) is 4. The Bertz CT molecular complexity index is 544. The van der Waals surface area contributed by atoms with E-state index in [-0.39, 0.29) is 12.1 Å². The molecular weight excluding hydrogens is 296 g/mol. The van der Waals surface area contributed by atoms with Gasteiger partial charge in [0.2, 0.25) is 0 Å². The number of hydrogen-bond donors (Lipinski definition) is 2. The van der Waals surface area contributed by atoms with Crippen molar-refractivity contribution in [3.63, 3.8) is 0 Å².